The van der Waals surface area contributed by atoms with E-state index in [-0.39, 0.29) is 28.6 Å². The summed E-state index contributed by atoms with van der Waals surface area (Å²) in [4.78, 5) is 28.9. The predicted molar refractivity (Wildman–Crippen MR) is 76.7 cm³/mol. The summed E-state index contributed by atoms with van der Waals surface area (Å²) in [5.74, 6) is -0.274. The number of rotatable bonds is 3. The molecule has 5 nitrogen and oxygen atoms in total. The van der Waals surface area contributed by atoms with Crippen LogP contribution in [0.25, 0.3) is 0 Å². The number of carbonyl (C=O) groups excluding carboxylic acids is 2. The first-order valence-corrected chi connectivity index (χ1v) is 7.12. The lowest BCUT2D eigenvalue weighted by Crippen LogP contribution is -2.39. The highest BCUT2D eigenvalue weighted by molar-refractivity contribution is 6.34. The number of halogens is 2. The molecule has 1 aliphatic rings. The van der Waals surface area contributed by atoms with E-state index in [0.717, 1.165) is 12.8 Å². The maximum Gasteiger partial charge on any atom is 0.274 e. The fourth-order valence-corrected chi connectivity index (χ4v) is 2.68. The van der Waals surface area contributed by atoms with Crippen LogP contribution < -0.4 is 5.73 Å². The molecule has 2 heterocycles. The maximum absolute atomic E-state index is 12.3. The van der Waals surface area contributed by atoms with E-state index in [1.807, 2.05) is 0 Å². The Morgan fingerprint density at radius 1 is 1.30 bits per heavy atom. The third kappa shape index (κ3) is 3.61. The van der Waals surface area contributed by atoms with Crippen molar-refractivity contribution in [2.75, 3.05) is 13.1 Å². The Morgan fingerprint density at radius 2 is 1.95 bits per heavy atom. The first-order valence-electron chi connectivity index (χ1n) is 6.37. The normalized spacial score (nSPS) is 16.2. The summed E-state index contributed by atoms with van der Waals surface area (Å²) in [6, 6.07) is 3.10. The van der Waals surface area contributed by atoms with Crippen LogP contribution >= 0.6 is 23.2 Å². The summed E-state index contributed by atoms with van der Waals surface area (Å²) in [5, 5.41) is 0.528. The van der Waals surface area contributed by atoms with Crippen molar-refractivity contribution in [1.82, 2.24) is 9.88 Å². The smallest absolute Gasteiger partial charge is 0.274 e. The van der Waals surface area contributed by atoms with Gasteiger partial charge in [-0.2, -0.15) is 0 Å². The molecule has 0 aromatic carbocycles. The molecule has 1 fully saturated rings. The van der Waals surface area contributed by atoms with E-state index in [1.165, 1.54) is 0 Å². The fraction of sp³-hybridized carbons (Fsp3) is 0.462. The molecular formula is C13H15Cl2N3O2. The quantitative estimate of drug-likeness (QED) is 0.868. The summed E-state index contributed by atoms with van der Waals surface area (Å²) in [7, 11) is 0. The van der Waals surface area contributed by atoms with E-state index in [2.05, 4.69) is 4.98 Å². The third-order valence-corrected chi connectivity index (χ3v) is 3.92. The zero-order chi connectivity index (χ0) is 14.7. The van der Waals surface area contributed by atoms with Crippen LogP contribution in [-0.4, -0.2) is 34.8 Å². The molecule has 1 saturated heterocycles. The van der Waals surface area contributed by atoms with Crippen LogP contribution in [0.2, 0.25) is 10.2 Å². The van der Waals surface area contributed by atoms with E-state index in [1.54, 1.807) is 17.0 Å². The van der Waals surface area contributed by atoms with Gasteiger partial charge in [0.05, 0.1) is 5.02 Å². The molecule has 1 aliphatic heterocycles. The topological polar surface area (TPSA) is 76.3 Å². The number of nitrogens with two attached hydrogens (primary N) is 1. The van der Waals surface area contributed by atoms with Gasteiger partial charge in [0.25, 0.3) is 5.91 Å². The van der Waals surface area contributed by atoms with E-state index >= 15 is 0 Å². The minimum absolute atomic E-state index is 0.174. The predicted octanol–water partition coefficient (Wildman–Crippen LogP) is 2.12. The zero-order valence-corrected chi connectivity index (χ0v) is 12.3. The maximum atomic E-state index is 12.3. The largest absolute Gasteiger partial charge is 0.370 e. The second-order valence-electron chi connectivity index (χ2n) is 4.87. The summed E-state index contributed by atoms with van der Waals surface area (Å²) in [6.07, 6.45) is 1.89. The van der Waals surface area contributed by atoms with Gasteiger partial charge in [-0.25, -0.2) is 4.98 Å². The number of aromatic nitrogens is 1. The first kappa shape index (κ1) is 15.1. The van der Waals surface area contributed by atoms with Crippen LogP contribution in [0.3, 0.4) is 0 Å². The van der Waals surface area contributed by atoms with Gasteiger partial charge in [0, 0.05) is 19.5 Å². The molecule has 108 valence electrons. The Labute approximate surface area is 127 Å². The Balaban J connectivity index is 2.01. The van der Waals surface area contributed by atoms with Gasteiger partial charge >= 0.3 is 0 Å². The average Bonchev–Trinajstić information content (AvgIpc) is 2.41. The SMILES string of the molecule is NC(=O)CC1CCN(C(=O)c2nc(Cl)ccc2Cl)CC1. The summed E-state index contributed by atoms with van der Waals surface area (Å²) in [5.41, 5.74) is 5.36. The van der Waals surface area contributed by atoms with Gasteiger partial charge in [-0.1, -0.05) is 23.2 Å². The van der Waals surface area contributed by atoms with Crippen LogP contribution in [0.15, 0.2) is 12.1 Å². The van der Waals surface area contributed by atoms with Crippen LogP contribution in [0.4, 0.5) is 0 Å². The van der Waals surface area contributed by atoms with Crippen molar-refractivity contribution in [3.05, 3.63) is 28.0 Å². The molecule has 1 aromatic rings. The molecule has 0 saturated carbocycles. The number of nitrogens with zero attached hydrogens (tertiary/aromatic N) is 2. The molecule has 2 rings (SSSR count). The van der Waals surface area contributed by atoms with E-state index in [0.29, 0.717) is 24.5 Å². The number of primary amides is 1. The van der Waals surface area contributed by atoms with E-state index < -0.39 is 0 Å². The molecular weight excluding hydrogens is 301 g/mol. The molecule has 0 radical (unpaired) electrons. The number of piperidine rings is 1. The molecule has 0 atom stereocenters. The van der Waals surface area contributed by atoms with Crippen LogP contribution in [0.1, 0.15) is 29.8 Å². The van der Waals surface area contributed by atoms with Crippen molar-refractivity contribution < 1.29 is 9.59 Å². The molecule has 0 unspecified atom stereocenters. The Hall–Kier alpha value is -1.33. The minimum Gasteiger partial charge on any atom is -0.370 e. The standard InChI is InChI=1S/C13H15Cl2N3O2/c14-9-1-2-10(15)17-12(9)13(20)18-5-3-8(4-6-18)7-11(16)19/h1-2,8H,3-7H2,(H2,16,19). The second kappa shape index (κ2) is 6.41. The van der Waals surface area contributed by atoms with Crippen LogP contribution in [0.5, 0.6) is 0 Å². The monoisotopic (exact) mass is 315 g/mol. The van der Waals surface area contributed by atoms with Crippen LogP contribution in [0, 0.1) is 5.92 Å². The second-order valence-corrected chi connectivity index (χ2v) is 5.66. The number of hydrogen-bond donors (Lipinski definition) is 1. The van der Waals surface area contributed by atoms with Crippen molar-refractivity contribution in [2.24, 2.45) is 11.7 Å². The summed E-state index contributed by atoms with van der Waals surface area (Å²) in [6.45, 7) is 1.14. The molecule has 7 heteroatoms. The number of hydrogen-bond acceptors (Lipinski definition) is 3. The Morgan fingerprint density at radius 3 is 2.55 bits per heavy atom. The molecule has 20 heavy (non-hydrogen) atoms. The van der Waals surface area contributed by atoms with E-state index in [4.69, 9.17) is 28.9 Å². The van der Waals surface area contributed by atoms with Crippen molar-refractivity contribution in [3.63, 3.8) is 0 Å². The van der Waals surface area contributed by atoms with Gasteiger partial charge in [0.15, 0.2) is 0 Å². The average molecular weight is 316 g/mol. The molecule has 0 aliphatic carbocycles. The number of likely N-dealkylation sites (tertiary alicyclic amines) is 1. The molecule has 2 amide bonds. The lowest BCUT2D eigenvalue weighted by molar-refractivity contribution is -0.119. The van der Waals surface area contributed by atoms with Gasteiger partial charge in [0.1, 0.15) is 10.8 Å². The molecule has 2 N–H and O–H groups in total. The zero-order valence-electron chi connectivity index (χ0n) is 10.8. The van der Waals surface area contributed by atoms with Gasteiger partial charge in [-0.3, -0.25) is 9.59 Å². The van der Waals surface area contributed by atoms with Crippen molar-refractivity contribution in [1.29, 1.82) is 0 Å². The fourth-order valence-electron chi connectivity index (χ4n) is 2.34. The van der Waals surface area contributed by atoms with Gasteiger partial charge in [0.2, 0.25) is 5.91 Å². The minimum atomic E-state index is -0.297. The number of pyridine rings is 1. The van der Waals surface area contributed by atoms with Crippen molar-refractivity contribution >= 4 is 35.0 Å². The highest BCUT2D eigenvalue weighted by Crippen LogP contribution is 2.24. The van der Waals surface area contributed by atoms with Gasteiger partial charge in [-0.05, 0) is 30.9 Å². The Kier molecular flexibility index (Phi) is 4.83. The lowest BCUT2D eigenvalue weighted by Gasteiger charge is -2.31. The van der Waals surface area contributed by atoms with Gasteiger partial charge in [-0.15, -0.1) is 0 Å². The lowest BCUT2D eigenvalue weighted by atomic mass is 9.93. The number of carbonyl (C=O) groups is 2. The first-order chi connectivity index (χ1) is 9.47. The van der Waals surface area contributed by atoms with Crippen LogP contribution in [-0.2, 0) is 4.79 Å². The highest BCUT2D eigenvalue weighted by Gasteiger charge is 2.26. The molecule has 0 bridgehead atoms. The molecule has 1 aromatic heterocycles. The van der Waals surface area contributed by atoms with Crippen molar-refractivity contribution in [3.8, 4) is 0 Å². The Bertz CT molecular complexity index is 528. The summed E-state index contributed by atoms with van der Waals surface area (Å²) >= 11 is 11.8. The van der Waals surface area contributed by atoms with Crippen molar-refractivity contribution in [2.45, 2.75) is 19.3 Å². The molecule has 0 spiro atoms. The van der Waals surface area contributed by atoms with Gasteiger partial charge < -0.3 is 10.6 Å². The summed E-state index contributed by atoms with van der Waals surface area (Å²) < 4.78 is 0. The van der Waals surface area contributed by atoms with E-state index in [9.17, 15) is 9.59 Å². The number of amides is 2. The third-order valence-electron chi connectivity index (χ3n) is 3.41. The highest BCUT2D eigenvalue weighted by atomic mass is 35.5.